The molecule has 2 atom stereocenters. The van der Waals surface area contributed by atoms with Crippen molar-refractivity contribution < 1.29 is 4.79 Å². The number of Topliss-reactive ketones (excluding diaryl/α,β-unsaturated/α-hetero) is 1. The van der Waals surface area contributed by atoms with E-state index in [0.29, 0.717) is 12.2 Å². The van der Waals surface area contributed by atoms with Gasteiger partial charge in [0, 0.05) is 18.0 Å². The number of benzene rings is 1. The fourth-order valence-corrected chi connectivity index (χ4v) is 3.82. The third kappa shape index (κ3) is 1.09. The Hall–Kier alpha value is -1.90. The summed E-state index contributed by atoms with van der Waals surface area (Å²) in [4.78, 5) is 19.8. The van der Waals surface area contributed by atoms with Gasteiger partial charge in [-0.3, -0.25) is 4.79 Å². The Morgan fingerprint density at radius 1 is 1.33 bits per heavy atom. The van der Waals surface area contributed by atoms with Crippen LogP contribution in [0.3, 0.4) is 0 Å². The number of carbonyl (C=O) groups is 1. The summed E-state index contributed by atoms with van der Waals surface area (Å²) in [6, 6.07) is 8.35. The molecule has 1 fully saturated rings. The zero-order chi connectivity index (χ0) is 12.2. The van der Waals surface area contributed by atoms with Crippen LogP contribution in [0, 0.1) is 0 Å². The molecular weight excluding hydrogens is 224 g/mol. The van der Waals surface area contributed by atoms with E-state index in [0.717, 1.165) is 18.5 Å². The lowest BCUT2D eigenvalue weighted by atomic mass is 9.76. The number of rotatable bonds is 1. The molecule has 0 radical (unpaired) electrons. The Bertz CT molecular complexity index is 617. The van der Waals surface area contributed by atoms with E-state index in [1.807, 2.05) is 12.3 Å². The summed E-state index contributed by atoms with van der Waals surface area (Å²) in [5.74, 6) is 0.403. The van der Waals surface area contributed by atoms with Crippen LogP contribution in [-0.4, -0.2) is 15.8 Å². The predicted octanol–water partition coefficient (Wildman–Crippen LogP) is 2.35. The first-order valence-corrected chi connectivity index (χ1v) is 6.41. The molecule has 0 spiro atoms. The summed E-state index contributed by atoms with van der Waals surface area (Å²) in [5, 5.41) is 0. The number of aromatic nitrogens is 2. The van der Waals surface area contributed by atoms with Crippen LogP contribution in [0.1, 0.15) is 35.6 Å². The van der Waals surface area contributed by atoms with Crippen molar-refractivity contribution in [3.63, 3.8) is 0 Å². The second-order valence-corrected chi connectivity index (χ2v) is 5.39. The smallest absolute Gasteiger partial charge is 0.141 e. The minimum Gasteiger partial charge on any atom is -0.351 e. The number of aromatic amines is 1. The number of hydrogen-bond donors (Lipinski definition) is 1. The molecule has 1 saturated carbocycles. The summed E-state index contributed by atoms with van der Waals surface area (Å²) in [5.41, 5.74) is 3.51. The van der Waals surface area contributed by atoms with Crippen LogP contribution < -0.4 is 0 Å². The second-order valence-electron chi connectivity index (χ2n) is 5.39. The molecule has 1 N–H and O–H groups in total. The van der Waals surface area contributed by atoms with Gasteiger partial charge in [-0.05, 0) is 24.0 Å². The van der Waals surface area contributed by atoms with Gasteiger partial charge in [0.25, 0.3) is 0 Å². The maximum atomic E-state index is 12.3. The Labute approximate surface area is 105 Å². The molecule has 1 heterocycles. The van der Waals surface area contributed by atoms with Gasteiger partial charge in [-0.2, -0.15) is 0 Å². The van der Waals surface area contributed by atoms with E-state index >= 15 is 0 Å². The van der Waals surface area contributed by atoms with Crippen LogP contribution in [0.25, 0.3) is 0 Å². The van der Waals surface area contributed by atoms with Gasteiger partial charge in [-0.15, -0.1) is 0 Å². The lowest BCUT2D eigenvalue weighted by Crippen LogP contribution is -2.28. The first-order valence-electron chi connectivity index (χ1n) is 6.41. The fourth-order valence-electron chi connectivity index (χ4n) is 3.82. The van der Waals surface area contributed by atoms with Crippen molar-refractivity contribution >= 4 is 5.78 Å². The first kappa shape index (κ1) is 10.1. The highest BCUT2D eigenvalue weighted by atomic mass is 16.1. The molecule has 0 bridgehead atoms. The molecule has 3 nitrogen and oxygen atoms in total. The summed E-state index contributed by atoms with van der Waals surface area (Å²) in [6.45, 7) is 0. The lowest BCUT2D eigenvalue weighted by Gasteiger charge is -2.26. The summed E-state index contributed by atoms with van der Waals surface area (Å²) < 4.78 is 0. The van der Waals surface area contributed by atoms with E-state index in [2.05, 4.69) is 28.2 Å². The Kier molecular flexibility index (Phi) is 1.85. The molecule has 1 aromatic heterocycles. The van der Waals surface area contributed by atoms with Gasteiger partial charge in [0.1, 0.15) is 5.78 Å². The maximum Gasteiger partial charge on any atom is 0.141 e. The number of fused-ring (bicyclic) bond motifs is 3. The number of nitrogens with zero attached hydrogens (tertiary/aromatic N) is 1. The Morgan fingerprint density at radius 3 is 3.06 bits per heavy atom. The molecule has 1 aromatic carbocycles. The first-order chi connectivity index (χ1) is 8.81. The highest BCUT2D eigenvalue weighted by Crippen LogP contribution is 2.56. The quantitative estimate of drug-likeness (QED) is 0.829. The highest BCUT2D eigenvalue weighted by Gasteiger charge is 2.55. The fraction of sp³-hybridized carbons (Fsp3) is 0.333. The van der Waals surface area contributed by atoms with E-state index in [9.17, 15) is 4.79 Å². The maximum absolute atomic E-state index is 12.3. The van der Waals surface area contributed by atoms with Gasteiger partial charge >= 0.3 is 0 Å². The molecule has 2 unspecified atom stereocenters. The standard InChI is InChI=1S/C15H14N2O/c18-12-5-6-15(13-8-16-9-17-13)7-10-3-1-2-4-11(10)14(12)15/h1-4,8-9,14H,5-7H2,(H,16,17). The van der Waals surface area contributed by atoms with Crippen molar-refractivity contribution in [3.8, 4) is 0 Å². The van der Waals surface area contributed by atoms with Crippen LogP contribution in [-0.2, 0) is 16.6 Å². The number of nitrogens with one attached hydrogen (secondary N) is 1. The summed E-state index contributed by atoms with van der Waals surface area (Å²) in [7, 11) is 0. The third-order valence-corrected chi connectivity index (χ3v) is 4.57. The predicted molar refractivity (Wildman–Crippen MR) is 67.4 cm³/mol. The second kappa shape index (κ2) is 3.31. The summed E-state index contributed by atoms with van der Waals surface area (Å²) in [6.07, 6.45) is 6.23. The molecule has 90 valence electrons. The molecule has 2 aliphatic rings. The van der Waals surface area contributed by atoms with Crippen molar-refractivity contribution in [2.75, 3.05) is 0 Å². The van der Waals surface area contributed by atoms with Gasteiger partial charge in [0.15, 0.2) is 0 Å². The SMILES string of the molecule is O=C1CCC2(c3c[nH]cn3)Cc3ccccc3C12. The van der Waals surface area contributed by atoms with Crippen LogP contribution in [0.5, 0.6) is 0 Å². The van der Waals surface area contributed by atoms with Crippen molar-refractivity contribution in [2.45, 2.75) is 30.6 Å². The molecule has 2 aromatic rings. The topological polar surface area (TPSA) is 45.8 Å². The molecule has 0 saturated heterocycles. The number of imidazole rings is 1. The zero-order valence-corrected chi connectivity index (χ0v) is 10.0. The van der Waals surface area contributed by atoms with Gasteiger partial charge in [-0.25, -0.2) is 4.98 Å². The van der Waals surface area contributed by atoms with E-state index in [1.54, 1.807) is 6.33 Å². The van der Waals surface area contributed by atoms with Crippen molar-refractivity contribution in [3.05, 3.63) is 53.6 Å². The molecular formula is C15H14N2O. The van der Waals surface area contributed by atoms with E-state index < -0.39 is 0 Å². The summed E-state index contributed by atoms with van der Waals surface area (Å²) >= 11 is 0. The monoisotopic (exact) mass is 238 g/mol. The normalized spacial score (nSPS) is 29.3. The van der Waals surface area contributed by atoms with Gasteiger partial charge in [0.2, 0.25) is 0 Å². The average molecular weight is 238 g/mol. The highest BCUT2D eigenvalue weighted by molar-refractivity contribution is 5.92. The van der Waals surface area contributed by atoms with Crippen molar-refractivity contribution in [1.82, 2.24) is 9.97 Å². The van der Waals surface area contributed by atoms with Crippen LogP contribution >= 0.6 is 0 Å². The Balaban J connectivity index is 1.94. The van der Waals surface area contributed by atoms with E-state index in [4.69, 9.17) is 0 Å². The zero-order valence-electron chi connectivity index (χ0n) is 10.0. The minimum atomic E-state index is -0.0826. The van der Waals surface area contributed by atoms with Crippen molar-refractivity contribution in [1.29, 1.82) is 0 Å². The number of carbonyl (C=O) groups excluding carboxylic acids is 1. The largest absolute Gasteiger partial charge is 0.351 e. The van der Waals surface area contributed by atoms with Crippen molar-refractivity contribution in [2.24, 2.45) is 0 Å². The van der Waals surface area contributed by atoms with Crippen LogP contribution in [0.4, 0.5) is 0 Å². The van der Waals surface area contributed by atoms with Crippen LogP contribution in [0.15, 0.2) is 36.8 Å². The van der Waals surface area contributed by atoms with Gasteiger partial charge < -0.3 is 4.98 Å². The molecule has 4 rings (SSSR count). The molecule has 0 aliphatic heterocycles. The van der Waals surface area contributed by atoms with Gasteiger partial charge in [-0.1, -0.05) is 24.3 Å². The van der Waals surface area contributed by atoms with E-state index in [-0.39, 0.29) is 11.3 Å². The molecule has 3 heteroatoms. The number of ketones is 1. The molecule has 18 heavy (non-hydrogen) atoms. The van der Waals surface area contributed by atoms with E-state index in [1.165, 1.54) is 11.1 Å². The number of H-pyrrole nitrogens is 1. The molecule has 2 aliphatic carbocycles. The molecule has 0 amide bonds. The van der Waals surface area contributed by atoms with Crippen LogP contribution in [0.2, 0.25) is 0 Å². The lowest BCUT2D eigenvalue weighted by molar-refractivity contribution is -0.119. The number of hydrogen-bond acceptors (Lipinski definition) is 2. The average Bonchev–Trinajstić information content (AvgIpc) is 3.05. The third-order valence-electron chi connectivity index (χ3n) is 4.57. The van der Waals surface area contributed by atoms with Gasteiger partial charge in [0.05, 0.1) is 17.9 Å². The minimum absolute atomic E-state index is 0.0250. The Morgan fingerprint density at radius 2 is 2.22 bits per heavy atom.